The number of aryl methyl sites for hydroxylation is 6. The van der Waals surface area contributed by atoms with E-state index in [0.29, 0.717) is 0 Å². The quantitative estimate of drug-likeness (QED) is 0.0902. The van der Waals surface area contributed by atoms with Crippen molar-refractivity contribution < 1.29 is 24.8 Å². The van der Waals surface area contributed by atoms with Crippen molar-refractivity contribution in [2.24, 2.45) is 5.41 Å². The molecule has 0 saturated heterocycles. The minimum absolute atomic E-state index is 0. The van der Waals surface area contributed by atoms with Crippen LogP contribution in [0.3, 0.4) is 0 Å². The Balaban J connectivity index is 0.000000301. The van der Waals surface area contributed by atoms with E-state index in [1.165, 1.54) is 65.2 Å². The van der Waals surface area contributed by atoms with Crippen molar-refractivity contribution in [1.82, 2.24) is 0 Å². The summed E-state index contributed by atoms with van der Waals surface area (Å²) in [7, 11) is -1.02. The van der Waals surface area contributed by atoms with Gasteiger partial charge in [0.05, 0.1) is 0 Å². The first-order valence-electron chi connectivity index (χ1n) is 17.4. The van der Waals surface area contributed by atoms with Crippen molar-refractivity contribution in [3.8, 4) is 0 Å². The van der Waals surface area contributed by atoms with E-state index < -0.39 is 15.8 Å². The maximum Gasteiger partial charge on any atom is 0 e. The van der Waals surface area contributed by atoms with Gasteiger partial charge in [0.25, 0.3) is 0 Å². The molecule has 0 N–H and O–H groups in total. The van der Waals surface area contributed by atoms with Gasteiger partial charge in [-0.15, -0.1) is 0 Å². The van der Waals surface area contributed by atoms with Crippen LogP contribution in [0.1, 0.15) is 54.2 Å². The van der Waals surface area contributed by atoms with Gasteiger partial charge in [0, 0.05) is 20.1 Å². The molecule has 0 heterocycles. The Kier molecular flexibility index (Phi) is 18.9. The standard InChI is InChI=1S/2C21H21P.C5H11.CO.Ir/c2*1-16-10-4-7-13-19(16)22(20-14-8-5-11-17(20)2)21-15-9-6-12-18(21)3;1-5(2,3)4;1-2;/h2*4-15H,1-3H3;1H2,2-4H3;;/q;;-1;;. The molecule has 0 aliphatic carbocycles. The van der Waals surface area contributed by atoms with E-state index in [9.17, 15) is 0 Å². The third-order valence-corrected chi connectivity index (χ3v) is 14.0. The molecule has 4 heteroatoms. The maximum absolute atomic E-state index is 7.50. The molecule has 0 saturated carbocycles. The number of hydrogen-bond acceptors (Lipinski definition) is 0. The van der Waals surface area contributed by atoms with Gasteiger partial charge in [-0.25, -0.2) is 0 Å². The molecule has 0 amide bonds. The first-order valence-corrected chi connectivity index (χ1v) is 20.0. The molecule has 6 rings (SSSR count). The summed E-state index contributed by atoms with van der Waals surface area (Å²) in [5.74, 6) is 0. The van der Waals surface area contributed by atoms with Crippen molar-refractivity contribution in [3.05, 3.63) is 193 Å². The Hall–Kier alpha value is -3.43. The number of hydrogen-bond donors (Lipinski definition) is 0. The molecule has 0 unspecified atom stereocenters. The number of rotatable bonds is 6. The molecule has 0 bridgehead atoms. The van der Waals surface area contributed by atoms with Crippen LogP contribution in [-0.4, -0.2) is 0 Å². The number of benzene rings is 6. The monoisotopic (exact) mass is 900 g/mol. The van der Waals surface area contributed by atoms with E-state index in [1.54, 1.807) is 0 Å². The third kappa shape index (κ3) is 12.9. The van der Waals surface area contributed by atoms with Crippen LogP contribution in [0.25, 0.3) is 0 Å². The minimum Gasteiger partial charge on any atom is -0.338 e. The average molecular weight is 900 g/mol. The second-order valence-electron chi connectivity index (χ2n) is 14.0. The molecule has 0 spiro atoms. The second-order valence-corrected chi connectivity index (χ2v) is 18.2. The van der Waals surface area contributed by atoms with Crippen LogP contribution >= 0.6 is 15.8 Å². The van der Waals surface area contributed by atoms with E-state index in [-0.39, 0.29) is 25.5 Å². The molecule has 0 atom stereocenters. The van der Waals surface area contributed by atoms with Crippen LogP contribution in [0.5, 0.6) is 0 Å². The second kappa shape index (κ2) is 21.9. The summed E-state index contributed by atoms with van der Waals surface area (Å²) in [6.45, 7) is 27.8. The molecular formula is C48H53IrOP2-. The van der Waals surface area contributed by atoms with Crippen LogP contribution in [0.4, 0.5) is 0 Å². The zero-order chi connectivity index (χ0) is 37.6. The molecule has 6 aromatic rings. The van der Waals surface area contributed by atoms with Crippen LogP contribution in [0, 0.1) is 60.5 Å². The summed E-state index contributed by atoms with van der Waals surface area (Å²) in [6, 6.07) is 52.8. The van der Waals surface area contributed by atoms with Gasteiger partial charge in [0.1, 0.15) is 0 Å². The molecule has 52 heavy (non-hydrogen) atoms. The van der Waals surface area contributed by atoms with Crippen molar-refractivity contribution in [2.45, 2.75) is 62.3 Å². The summed E-state index contributed by atoms with van der Waals surface area (Å²) in [6.07, 6.45) is 0. The van der Waals surface area contributed by atoms with E-state index in [4.69, 9.17) is 4.65 Å². The predicted molar refractivity (Wildman–Crippen MR) is 227 cm³/mol. The van der Waals surface area contributed by atoms with Crippen LogP contribution in [0.15, 0.2) is 146 Å². The summed E-state index contributed by atoms with van der Waals surface area (Å²) in [5, 5.41) is 8.76. The van der Waals surface area contributed by atoms with E-state index in [2.05, 4.69) is 221 Å². The largest absolute Gasteiger partial charge is 0.338 e. The summed E-state index contributed by atoms with van der Waals surface area (Å²) in [4.78, 5) is 0. The molecule has 271 valence electrons. The Labute approximate surface area is 330 Å². The van der Waals surface area contributed by atoms with Crippen LogP contribution in [0.2, 0.25) is 0 Å². The van der Waals surface area contributed by atoms with Gasteiger partial charge in [-0.1, -0.05) is 166 Å². The van der Waals surface area contributed by atoms with Gasteiger partial charge >= 0.3 is 11.3 Å². The van der Waals surface area contributed by atoms with Gasteiger partial charge in [0.15, 0.2) is 0 Å². The van der Waals surface area contributed by atoms with Gasteiger partial charge in [0.2, 0.25) is 0 Å². The maximum atomic E-state index is 7.50. The van der Waals surface area contributed by atoms with E-state index >= 15 is 0 Å². The van der Waals surface area contributed by atoms with E-state index in [1.807, 2.05) is 0 Å². The van der Waals surface area contributed by atoms with Crippen molar-refractivity contribution in [3.63, 3.8) is 0 Å². The molecule has 0 aromatic heterocycles. The first kappa shape index (κ1) is 44.7. The Morgan fingerprint density at radius 3 is 0.596 bits per heavy atom. The molecule has 6 aromatic carbocycles. The van der Waals surface area contributed by atoms with Gasteiger partial charge in [-0.3, -0.25) is 0 Å². The zero-order valence-electron chi connectivity index (χ0n) is 32.2. The Morgan fingerprint density at radius 1 is 0.365 bits per heavy atom. The third-order valence-electron chi connectivity index (χ3n) is 8.14. The normalized spacial score (nSPS) is 10.4. The molecule has 0 aliphatic rings. The fourth-order valence-electron chi connectivity index (χ4n) is 5.66. The minimum atomic E-state index is -0.508. The van der Waals surface area contributed by atoms with Gasteiger partial charge in [-0.05, 0) is 123 Å². The predicted octanol–water partition coefficient (Wildman–Crippen LogP) is 10.6. The van der Waals surface area contributed by atoms with Crippen molar-refractivity contribution >= 4 is 47.7 Å². The van der Waals surface area contributed by atoms with Crippen molar-refractivity contribution in [2.75, 3.05) is 0 Å². The molecule has 0 aliphatic heterocycles. The SMILES string of the molecule is Cc1ccccc1P(c1ccccc1C)c1ccccc1C.Cc1ccccc1P(c1ccccc1C)c1ccccc1C.[C-]#[O+].[CH2-]C(C)(C)C.[Ir]. The summed E-state index contributed by atoms with van der Waals surface area (Å²) in [5.41, 5.74) is 8.50. The fourth-order valence-corrected chi connectivity index (χ4v) is 11.2. The summed E-state index contributed by atoms with van der Waals surface area (Å²) >= 11 is 0. The Morgan fingerprint density at radius 2 is 0.481 bits per heavy atom. The molecule has 0 fully saturated rings. The first-order chi connectivity index (χ1) is 24.4. The topological polar surface area (TPSA) is 19.9 Å². The molecular weight excluding hydrogens is 847 g/mol. The smallest absolute Gasteiger partial charge is 0 e. The molecule has 1 radical (unpaired) electrons. The fraction of sp³-hybridized carbons (Fsp3) is 0.208. The van der Waals surface area contributed by atoms with Gasteiger partial charge < -0.3 is 6.92 Å². The van der Waals surface area contributed by atoms with Crippen molar-refractivity contribution in [1.29, 1.82) is 0 Å². The van der Waals surface area contributed by atoms with E-state index in [0.717, 1.165) is 0 Å². The van der Waals surface area contributed by atoms with Gasteiger partial charge in [-0.2, -0.15) is 5.41 Å². The van der Waals surface area contributed by atoms with Crippen LogP contribution in [-0.2, 0) is 24.8 Å². The average Bonchev–Trinajstić information content (AvgIpc) is 3.10. The summed E-state index contributed by atoms with van der Waals surface area (Å²) < 4.78 is 7.50. The zero-order valence-corrected chi connectivity index (χ0v) is 36.4. The Bertz CT molecular complexity index is 1650. The molecule has 1 nitrogen and oxygen atoms in total. The van der Waals surface area contributed by atoms with Crippen LogP contribution < -0.4 is 31.8 Å².